The van der Waals surface area contributed by atoms with Gasteiger partial charge >= 0.3 is 0 Å². The molecule has 1 fully saturated rings. The second-order valence-corrected chi connectivity index (χ2v) is 6.43. The Labute approximate surface area is 123 Å². The fraction of sp³-hybridized carbons (Fsp3) is 0.600. The van der Waals surface area contributed by atoms with Gasteiger partial charge in [0.15, 0.2) is 0 Å². The Morgan fingerprint density at radius 2 is 2.21 bits per heavy atom. The zero-order chi connectivity index (χ0) is 14.0. The molecule has 1 aromatic carbocycles. The van der Waals surface area contributed by atoms with Crippen LogP contribution in [0.15, 0.2) is 22.7 Å². The molecule has 0 bridgehead atoms. The summed E-state index contributed by atoms with van der Waals surface area (Å²) in [6, 6.07) is 6.34. The van der Waals surface area contributed by atoms with Gasteiger partial charge in [0.05, 0.1) is 4.47 Å². The Morgan fingerprint density at radius 3 is 2.79 bits per heavy atom. The molecule has 106 valence electrons. The van der Waals surface area contributed by atoms with Crippen LogP contribution in [-0.2, 0) is 0 Å². The van der Waals surface area contributed by atoms with E-state index < -0.39 is 0 Å². The number of nitrogens with one attached hydrogen (secondary N) is 1. The van der Waals surface area contributed by atoms with Crippen LogP contribution in [0.25, 0.3) is 0 Å². The Bertz CT molecular complexity index is 436. The lowest BCUT2D eigenvalue weighted by Gasteiger charge is -2.43. The van der Waals surface area contributed by atoms with Gasteiger partial charge in [0.1, 0.15) is 5.82 Å². The highest BCUT2D eigenvalue weighted by Gasteiger charge is 2.28. The van der Waals surface area contributed by atoms with Gasteiger partial charge < -0.3 is 10.2 Å². The highest BCUT2D eigenvalue weighted by Crippen LogP contribution is 2.27. The van der Waals surface area contributed by atoms with Crippen LogP contribution >= 0.6 is 15.9 Å². The highest BCUT2D eigenvalue weighted by atomic mass is 79.9. The fourth-order valence-corrected chi connectivity index (χ4v) is 2.86. The van der Waals surface area contributed by atoms with Crippen LogP contribution in [0, 0.1) is 11.7 Å². The summed E-state index contributed by atoms with van der Waals surface area (Å²) in [5, 5.41) is 3.60. The number of hydrogen-bond donors (Lipinski definition) is 1. The van der Waals surface area contributed by atoms with Crippen molar-refractivity contribution in [2.75, 3.05) is 18.0 Å². The maximum Gasteiger partial charge on any atom is 0.139 e. The van der Waals surface area contributed by atoms with Crippen LogP contribution in [0.5, 0.6) is 0 Å². The standard InChI is InChI=1S/C15H22BrFN2/c1-4-11-8-18-15(10(2)3)9-19(11)12-5-6-13(16)14(17)7-12/h5-7,10-11,15,18H,4,8-9H2,1-3H3. The molecule has 0 aliphatic carbocycles. The van der Waals surface area contributed by atoms with E-state index in [4.69, 9.17) is 0 Å². The number of nitrogens with zero attached hydrogens (tertiary/aromatic N) is 1. The molecule has 2 rings (SSSR count). The molecule has 0 radical (unpaired) electrons. The van der Waals surface area contributed by atoms with Gasteiger partial charge in [0, 0.05) is 30.9 Å². The Kier molecular flexibility index (Phi) is 4.85. The molecule has 0 amide bonds. The topological polar surface area (TPSA) is 15.3 Å². The molecule has 2 atom stereocenters. The monoisotopic (exact) mass is 328 g/mol. The van der Waals surface area contributed by atoms with Crippen molar-refractivity contribution in [3.05, 3.63) is 28.5 Å². The Balaban J connectivity index is 2.24. The van der Waals surface area contributed by atoms with Crippen LogP contribution in [0.4, 0.5) is 10.1 Å². The highest BCUT2D eigenvalue weighted by molar-refractivity contribution is 9.10. The number of hydrogen-bond acceptors (Lipinski definition) is 2. The first kappa shape index (κ1) is 14.8. The zero-order valence-corrected chi connectivity index (χ0v) is 13.4. The minimum atomic E-state index is -0.188. The summed E-state index contributed by atoms with van der Waals surface area (Å²) in [5.41, 5.74) is 0.986. The van der Waals surface area contributed by atoms with Gasteiger partial charge in [0.2, 0.25) is 0 Å². The van der Waals surface area contributed by atoms with Crippen LogP contribution < -0.4 is 10.2 Å². The summed E-state index contributed by atoms with van der Waals surface area (Å²) in [7, 11) is 0. The molecule has 1 heterocycles. The van der Waals surface area contributed by atoms with Gasteiger partial charge in [-0.3, -0.25) is 0 Å². The Hall–Kier alpha value is -0.610. The van der Waals surface area contributed by atoms with Crippen molar-refractivity contribution in [1.29, 1.82) is 0 Å². The third-order valence-corrected chi connectivity index (χ3v) is 4.60. The first-order valence-corrected chi connectivity index (χ1v) is 7.77. The predicted molar refractivity (Wildman–Crippen MR) is 82.2 cm³/mol. The third-order valence-electron chi connectivity index (χ3n) is 3.96. The van der Waals surface area contributed by atoms with Crippen LogP contribution in [-0.4, -0.2) is 25.2 Å². The van der Waals surface area contributed by atoms with Crippen molar-refractivity contribution < 1.29 is 4.39 Å². The molecule has 1 aliphatic rings. The molecule has 4 heteroatoms. The third kappa shape index (κ3) is 3.29. The number of halogens is 2. The van der Waals surface area contributed by atoms with Crippen molar-refractivity contribution >= 4 is 21.6 Å². The molecule has 1 N–H and O–H groups in total. The molecule has 1 saturated heterocycles. The molecule has 1 aliphatic heterocycles. The van der Waals surface area contributed by atoms with Crippen LogP contribution in [0.2, 0.25) is 0 Å². The van der Waals surface area contributed by atoms with Gasteiger partial charge in [-0.1, -0.05) is 20.8 Å². The van der Waals surface area contributed by atoms with E-state index in [1.165, 1.54) is 0 Å². The molecule has 19 heavy (non-hydrogen) atoms. The zero-order valence-electron chi connectivity index (χ0n) is 11.8. The first-order chi connectivity index (χ1) is 9.02. The Morgan fingerprint density at radius 1 is 1.47 bits per heavy atom. The van der Waals surface area contributed by atoms with Gasteiger partial charge in [0.25, 0.3) is 0 Å². The summed E-state index contributed by atoms with van der Waals surface area (Å²) in [4.78, 5) is 2.34. The minimum absolute atomic E-state index is 0.188. The van der Waals surface area contributed by atoms with E-state index >= 15 is 0 Å². The minimum Gasteiger partial charge on any atom is -0.366 e. The van der Waals surface area contributed by atoms with E-state index in [0.717, 1.165) is 25.2 Å². The van der Waals surface area contributed by atoms with Gasteiger partial charge in [-0.15, -0.1) is 0 Å². The number of piperazine rings is 1. The van der Waals surface area contributed by atoms with Crippen LogP contribution in [0.3, 0.4) is 0 Å². The van der Waals surface area contributed by atoms with E-state index in [9.17, 15) is 4.39 Å². The van der Waals surface area contributed by atoms with Gasteiger partial charge in [-0.2, -0.15) is 0 Å². The van der Waals surface area contributed by atoms with Crippen molar-refractivity contribution in [3.8, 4) is 0 Å². The van der Waals surface area contributed by atoms with Gasteiger partial charge in [-0.05, 0) is 46.5 Å². The summed E-state index contributed by atoms with van der Waals surface area (Å²) < 4.78 is 14.3. The molecule has 2 unspecified atom stereocenters. The second-order valence-electron chi connectivity index (χ2n) is 5.57. The van der Waals surface area contributed by atoms with E-state index in [1.54, 1.807) is 12.1 Å². The van der Waals surface area contributed by atoms with E-state index in [2.05, 4.69) is 46.9 Å². The lowest BCUT2D eigenvalue weighted by Crippen LogP contribution is -2.58. The lowest BCUT2D eigenvalue weighted by atomic mass is 9.98. The van der Waals surface area contributed by atoms with E-state index in [1.807, 2.05) is 6.07 Å². The summed E-state index contributed by atoms with van der Waals surface area (Å²) in [6.45, 7) is 8.55. The predicted octanol–water partition coefficient (Wildman–Crippen LogP) is 3.80. The van der Waals surface area contributed by atoms with Crippen LogP contribution in [0.1, 0.15) is 27.2 Å². The largest absolute Gasteiger partial charge is 0.366 e. The summed E-state index contributed by atoms with van der Waals surface area (Å²) in [5.74, 6) is 0.396. The van der Waals surface area contributed by atoms with E-state index in [0.29, 0.717) is 22.5 Å². The summed E-state index contributed by atoms with van der Waals surface area (Å²) in [6.07, 6.45) is 1.06. The van der Waals surface area contributed by atoms with Crippen molar-refractivity contribution in [2.24, 2.45) is 5.92 Å². The molecular weight excluding hydrogens is 307 g/mol. The fourth-order valence-electron chi connectivity index (χ4n) is 2.61. The van der Waals surface area contributed by atoms with E-state index in [-0.39, 0.29) is 5.82 Å². The first-order valence-electron chi connectivity index (χ1n) is 6.98. The number of anilines is 1. The normalized spacial score (nSPS) is 24.0. The smallest absolute Gasteiger partial charge is 0.139 e. The molecule has 0 spiro atoms. The molecule has 2 nitrogen and oxygen atoms in total. The maximum absolute atomic E-state index is 13.7. The molecule has 0 saturated carbocycles. The molecule has 1 aromatic rings. The maximum atomic E-state index is 13.7. The van der Waals surface area contributed by atoms with Crippen molar-refractivity contribution in [1.82, 2.24) is 5.32 Å². The molecular formula is C15H22BrFN2. The average molecular weight is 329 g/mol. The average Bonchev–Trinajstić information content (AvgIpc) is 2.41. The van der Waals surface area contributed by atoms with Crippen molar-refractivity contribution in [2.45, 2.75) is 39.3 Å². The summed E-state index contributed by atoms with van der Waals surface area (Å²) >= 11 is 3.21. The SMILES string of the molecule is CCC1CNC(C(C)C)CN1c1ccc(Br)c(F)c1. The number of rotatable bonds is 3. The second kappa shape index (κ2) is 6.23. The van der Waals surface area contributed by atoms with Crippen molar-refractivity contribution in [3.63, 3.8) is 0 Å². The quantitative estimate of drug-likeness (QED) is 0.907. The number of benzene rings is 1. The van der Waals surface area contributed by atoms with Gasteiger partial charge in [-0.25, -0.2) is 4.39 Å². The molecule has 0 aromatic heterocycles. The lowest BCUT2D eigenvalue weighted by molar-refractivity contribution is 0.325.